The van der Waals surface area contributed by atoms with Gasteiger partial charge in [0.25, 0.3) is 11.8 Å². The minimum atomic E-state index is -0.561. The standard InChI is InChI=1S/C27H23N3O5/c1-17-23(24(30-35-17)19-9-5-3-6-10-19)26(32)28-16-18-13-21(27(33)34-2)15-22(14-18)29-25(31)20-11-7-4-8-12-20/h3-15H,16H2,1-2H3,(H,28,32)(H,29,31). The third-order valence-electron chi connectivity index (χ3n) is 5.30. The smallest absolute Gasteiger partial charge is 0.337 e. The predicted molar refractivity (Wildman–Crippen MR) is 130 cm³/mol. The zero-order chi connectivity index (χ0) is 24.8. The van der Waals surface area contributed by atoms with E-state index < -0.39 is 5.97 Å². The van der Waals surface area contributed by atoms with E-state index in [1.807, 2.05) is 36.4 Å². The molecular formula is C27H23N3O5. The number of ether oxygens (including phenoxy) is 1. The molecule has 1 heterocycles. The monoisotopic (exact) mass is 469 g/mol. The second-order valence-electron chi connectivity index (χ2n) is 7.74. The molecule has 35 heavy (non-hydrogen) atoms. The zero-order valence-electron chi connectivity index (χ0n) is 19.2. The molecule has 0 saturated carbocycles. The van der Waals surface area contributed by atoms with Crippen molar-refractivity contribution in [2.75, 3.05) is 12.4 Å². The van der Waals surface area contributed by atoms with Crippen molar-refractivity contribution in [3.8, 4) is 11.3 Å². The Labute approximate surface area is 201 Å². The number of nitrogens with zero attached hydrogens (tertiary/aromatic N) is 1. The summed E-state index contributed by atoms with van der Waals surface area (Å²) in [6, 6.07) is 22.8. The molecule has 0 spiro atoms. The van der Waals surface area contributed by atoms with Gasteiger partial charge in [-0.25, -0.2) is 4.79 Å². The van der Waals surface area contributed by atoms with Gasteiger partial charge in [-0.2, -0.15) is 0 Å². The summed E-state index contributed by atoms with van der Waals surface area (Å²) in [4.78, 5) is 37.8. The highest BCUT2D eigenvalue weighted by Gasteiger charge is 2.21. The molecule has 4 rings (SSSR count). The third-order valence-corrected chi connectivity index (χ3v) is 5.30. The van der Waals surface area contributed by atoms with Gasteiger partial charge in [0, 0.05) is 23.4 Å². The lowest BCUT2D eigenvalue weighted by Gasteiger charge is -2.12. The van der Waals surface area contributed by atoms with E-state index in [2.05, 4.69) is 15.8 Å². The molecule has 0 saturated heterocycles. The fourth-order valence-electron chi connectivity index (χ4n) is 3.60. The second-order valence-corrected chi connectivity index (χ2v) is 7.74. The topological polar surface area (TPSA) is 111 Å². The van der Waals surface area contributed by atoms with Gasteiger partial charge in [0.2, 0.25) is 0 Å². The molecular weight excluding hydrogens is 446 g/mol. The molecule has 0 aliphatic heterocycles. The number of amides is 2. The number of hydrogen-bond donors (Lipinski definition) is 2. The molecule has 1 aromatic heterocycles. The SMILES string of the molecule is COC(=O)c1cc(CNC(=O)c2c(-c3ccccc3)noc2C)cc(NC(=O)c2ccccc2)c1. The highest BCUT2D eigenvalue weighted by molar-refractivity contribution is 6.05. The van der Waals surface area contributed by atoms with Crippen LogP contribution in [-0.2, 0) is 11.3 Å². The lowest BCUT2D eigenvalue weighted by molar-refractivity contribution is 0.0600. The molecule has 0 unspecified atom stereocenters. The molecule has 4 aromatic rings. The number of anilines is 1. The maximum absolute atomic E-state index is 13.0. The van der Waals surface area contributed by atoms with E-state index in [0.717, 1.165) is 5.56 Å². The predicted octanol–water partition coefficient (Wildman–Crippen LogP) is 4.62. The van der Waals surface area contributed by atoms with Crippen molar-refractivity contribution in [2.45, 2.75) is 13.5 Å². The van der Waals surface area contributed by atoms with Crippen LogP contribution in [0.1, 0.15) is 42.4 Å². The van der Waals surface area contributed by atoms with Gasteiger partial charge in [-0.1, -0.05) is 53.7 Å². The summed E-state index contributed by atoms with van der Waals surface area (Å²) in [5.74, 6) is -0.869. The fraction of sp³-hybridized carbons (Fsp3) is 0.111. The lowest BCUT2D eigenvalue weighted by Crippen LogP contribution is -2.24. The van der Waals surface area contributed by atoms with Crippen molar-refractivity contribution < 1.29 is 23.6 Å². The summed E-state index contributed by atoms with van der Waals surface area (Å²) >= 11 is 0. The minimum absolute atomic E-state index is 0.0940. The number of aromatic nitrogens is 1. The first-order valence-corrected chi connectivity index (χ1v) is 10.8. The average molecular weight is 469 g/mol. The molecule has 8 heteroatoms. The molecule has 0 aliphatic carbocycles. The van der Waals surface area contributed by atoms with Crippen molar-refractivity contribution in [1.29, 1.82) is 0 Å². The lowest BCUT2D eigenvalue weighted by atomic mass is 10.1. The van der Waals surface area contributed by atoms with Crippen LogP contribution in [0.25, 0.3) is 11.3 Å². The van der Waals surface area contributed by atoms with Gasteiger partial charge in [-0.3, -0.25) is 9.59 Å². The number of carbonyl (C=O) groups is 3. The highest BCUT2D eigenvalue weighted by Crippen LogP contribution is 2.25. The first kappa shape index (κ1) is 23.4. The van der Waals surface area contributed by atoms with Crippen LogP contribution in [-0.4, -0.2) is 30.1 Å². The Morgan fingerprint density at radius 1 is 0.886 bits per heavy atom. The molecule has 2 amide bonds. The second kappa shape index (κ2) is 10.5. The molecule has 0 fully saturated rings. The quantitative estimate of drug-likeness (QED) is 0.382. The molecule has 2 N–H and O–H groups in total. The first-order valence-electron chi connectivity index (χ1n) is 10.8. The molecule has 3 aromatic carbocycles. The Bertz CT molecular complexity index is 1360. The first-order chi connectivity index (χ1) is 17.0. The average Bonchev–Trinajstić information content (AvgIpc) is 3.29. The number of esters is 1. The van der Waals surface area contributed by atoms with Crippen LogP contribution >= 0.6 is 0 Å². The molecule has 0 aliphatic rings. The number of carbonyl (C=O) groups excluding carboxylic acids is 3. The number of benzene rings is 3. The van der Waals surface area contributed by atoms with Crippen molar-refractivity contribution in [1.82, 2.24) is 10.5 Å². The van der Waals surface area contributed by atoms with Crippen LogP contribution in [0.5, 0.6) is 0 Å². The van der Waals surface area contributed by atoms with Crippen LogP contribution < -0.4 is 10.6 Å². The third kappa shape index (κ3) is 5.44. The number of rotatable bonds is 7. The van der Waals surface area contributed by atoms with Crippen LogP contribution in [0.4, 0.5) is 5.69 Å². The van der Waals surface area contributed by atoms with Gasteiger partial charge in [-0.05, 0) is 42.8 Å². The van der Waals surface area contributed by atoms with Gasteiger partial charge in [0.15, 0.2) is 0 Å². The molecule has 176 valence electrons. The van der Waals surface area contributed by atoms with Crippen LogP contribution in [0.2, 0.25) is 0 Å². The van der Waals surface area contributed by atoms with E-state index >= 15 is 0 Å². The summed E-state index contributed by atoms with van der Waals surface area (Å²) in [5, 5.41) is 9.67. The Morgan fingerprint density at radius 3 is 2.26 bits per heavy atom. The van der Waals surface area contributed by atoms with E-state index in [-0.39, 0.29) is 23.9 Å². The zero-order valence-corrected chi connectivity index (χ0v) is 19.2. The molecule has 0 radical (unpaired) electrons. The maximum atomic E-state index is 13.0. The molecule has 0 bridgehead atoms. The summed E-state index contributed by atoms with van der Waals surface area (Å²) < 4.78 is 10.1. The van der Waals surface area contributed by atoms with Crippen molar-refractivity contribution in [2.24, 2.45) is 0 Å². The van der Waals surface area contributed by atoms with Gasteiger partial charge in [-0.15, -0.1) is 0 Å². The van der Waals surface area contributed by atoms with E-state index in [4.69, 9.17) is 9.26 Å². The maximum Gasteiger partial charge on any atom is 0.337 e. The molecule has 8 nitrogen and oxygen atoms in total. The number of nitrogens with one attached hydrogen (secondary N) is 2. The summed E-state index contributed by atoms with van der Waals surface area (Å²) in [5.41, 5.74) is 3.25. The normalized spacial score (nSPS) is 10.5. The Morgan fingerprint density at radius 2 is 1.57 bits per heavy atom. The van der Waals surface area contributed by atoms with Gasteiger partial charge in [0.1, 0.15) is 17.0 Å². The summed E-state index contributed by atoms with van der Waals surface area (Å²) in [6.07, 6.45) is 0. The largest absolute Gasteiger partial charge is 0.465 e. The van der Waals surface area contributed by atoms with Crippen molar-refractivity contribution in [3.63, 3.8) is 0 Å². The van der Waals surface area contributed by atoms with E-state index in [0.29, 0.717) is 33.8 Å². The van der Waals surface area contributed by atoms with E-state index in [1.165, 1.54) is 13.2 Å². The molecule has 0 atom stereocenters. The number of hydrogen-bond acceptors (Lipinski definition) is 6. The van der Waals surface area contributed by atoms with Gasteiger partial charge in [0.05, 0.1) is 12.7 Å². The Kier molecular flexibility index (Phi) is 7.02. The van der Waals surface area contributed by atoms with Crippen LogP contribution in [0, 0.1) is 6.92 Å². The number of aryl methyl sites for hydroxylation is 1. The van der Waals surface area contributed by atoms with Gasteiger partial charge >= 0.3 is 5.97 Å². The van der Waals surface area contributed by atoms with Gasteiger partial charge < -0.3 is 19.9 Å². The highest BCUT2D eigenvalue weighted by atomic mass is 16.5. The minimum Gasteiger partial charge on any atom is -0.465 e. The van der Waals surface area contributed by atoms with E-state index in [1.54, 1.807) is 43.3 Å². The van der Waals surface area contributed by atoms with Crippen LogP contribution in [0.3, 0.4) is 0 Å². The number of methoxy groups -OCH3 is 1. The summed E-state index contributed by atoms with van der Waals surface area (Å²) in [6.45, 7) is 1.76. The Hall–Kier alpha value is -4.72. The van der Waals surface area contributed by atoms with Crippen molar-refractivity contribution >= 4 is 23.5 Å². The van der Waals surface area contributed by atoms with E-state index in [9.17, 15) is 14.4 Å². The Balaban J connectivity index is 1.56. The van der Waals surface area contributed by atoms with Crippen molar-refractivity contribution in [3.05, 3.63) is 107 Å². The van der Waals surface area contributed by atoms with Crippen LogP contribution in [0.15, 0.2) is 83.4 Å². The summed E-state index contributed by atoms with van der Waals surface area (Å²) in [7, 11) is 1.28. The fourth-order valence-corrected chi connectivity index (χ4v) is 3.60.